The maximum Gasteiger partial charge on any atom is 0.244 e. The lowest BCUT2D eigenvalue weighted by Gasteiger charge is -2.31. The van der Waals surface area contributed by atoms with E-state index in [0.29, 0.717) is 25.9 Å². The number of aromatic amines is 1. The highest BCUT2D eigenvalue weighted by atomic mass is 35.5. The van der Waals surface area contributed by atoms with E-state index in [9.17, 15) is 12.8 Å². The van der Waals surface area contributed by atoms with Crippen LogP contribution in [0.5, 0.6) is 0 Å². The van der Waals surface area contributed by atoms with Crippen LogP contribution in [0.4, 0.5) is 4.39 Å². The van der Waals surface area contributed by atoms with Crippen molar-refractivity contribution in [3.8, 4) is 0 Å². The van der Waals surface area contributed by atoms with E-state index >= 15 is 0 Å². The summed E-state index contributed by atoms with van der Waals surface area (Å²) in [6.07, 6.45) is 3.29. The number of halogens is 2. The molecular formula is C19H18ClFN2O2S. The van der Waals surface area contributed by atoms with Gasteiger partial charge in [0, 0.05) is 30.2 Å². The van der Waals surface area contributed by atoms with E-state index in [-0.39, 0.29) is 21.7 Å². The zero-order chi connectivity index (χ0) is 18.3. The number of benzene rings is 2. The number of aromatic nitrogens is 1. The Bertz CT molecular complexity index is 1060. The second kappa shape index (κ2) is 6.68. The average molecular weight is 393 g/mol. The lowest BCUT2D eigenvalue weighted by molar-refractivity contribution is 0.320. The van der Waals surface area contributed by atoms with E-state index in [4.69, 9.17) is 11.6 Å². The third-order valence-electron chi connectivity index (χ3n) is 5.02. The summed E-state index contributed by atoms with van der Waals surface area (Å²) < 4.78 is 40.8. The SMILES string of the molecule is O=S(=O)(c1ccccc1Cl)N1CCC(c2c[nH]c3ccc(F)cc23)CC1. The van der Waals surface area contributed by atoms with Gasteiger partial charge in [0.15, 0.2) is 0 Å². The molecule has 1 aromatic heterocycles. The van der Waals surface area contributed by atoms with Crippen LogP contribution in [-0.4, -0.2) is 30.8 Å². The Labute approximate surface area is 156 Å². The van der Waals surface area contributed by atoms with Crippen molar-refractivity contribution in [2.24, 2.45) is 0 Å². The first-order valence-corrected chi connectivity index (χ1v) is 10.3. The molecular weight excluding hydrogens is 375 g/mol. The third-order valence-corrected chi connectivity index (χ3v) is 7.42. The van der Waals surface area contributed by atoms with E-state index in [1.165, 1.54) is 22.5 Å². The summed E-state index contributed by atoms with van der Waals surface area (Å²) in [5.74, 6) is -0.0691. The number of H-pyrrole nitrogens is 1. The van der Waals surface area contributed by atoms with Crippen molar-refractivity contribution in [3.05, 3.63) is 65.1 Å². The van der Waals surface area contributed by atoms with Crippen molar-refractivity contribution in [1.29, 1.82) is 0 Å². The van der Waals surface area contributed by atoms with Gasteiger partial charge in [0.05, 0.1) is 5.02 Å². The normalized spacial score (nSPS) is 17.0. The average Bonchev–Trinajstić information content (AvgIpc) is 3.05. The van der Waals surface area contributed by atoms with Crippen LogP contribution < -0.4 is 0 Å². The molecule has 0 bridgehead atoms. The summed E-state index contributed by atoms with van der Waals surface area (Å²) in [5.41, 5.74) is 1.95. The second-order valence-electron chi connectivity index (χ2n) is 6.54. The van der Waals surface area contributed by atoms with Gasteiger partial charge in [-0.2, -0.15) is 4.31 Å². The van der Waals surface area contributed by atoms with Gasteiger partial charge >= 0.3 is 0 Å². The van der Waals surface area contributed by atoms with Gasteiger partial charge in [-0.15, -0.1) is 0 Å². The van der Waals surface area contributed by atoms with Crippen LogP contribution in [0.15, 0.2) is 53.6 Å². The van der Waals surface area contributed by atoms with Gasteiger partial charge in [-0.05, 0) is 54.7 Å². The Hall–Kier alpha value is -1.89. The van der Waals surface area contributed by atoms with E-state index in [2.05, 4.69) is 4.98 Å². The first kappa shape index (κ1) is 17.5. The fourth-order valence-electron chi connectivity index (χ4n) is 3.65. The molecule has 1 fully saturated rings. The van der Waals surface area contributed by atoms with Crippen molar-refractivity contribution in [3.63, 3.8) is 0 Å². The number of fused-ring (bicyclic) bond motifs is 1. The highest BCUT2D eigenvalue weighted by Crippen LogP contribution is 2.35. The Kier molecular flexibility index (Phi) is 4.50. The molecule has 0 saturated carbocycles. The highest BCUT2D eigenvalue weighted by molar-refractivity contribution is 7.89. The molecule has 1 aliphatic rings. The largest absolute Gasteiger partial charge is 0.361 e. The topological polar surface area (TPSA) is 53.2 Å². The Morgan fingerprint density at radius 3 is 2.58 bits per heavy atom. The number of nitrogens with zero attached hydrogens (tertiary/aromatic N) is 1. The molecule has 1 saturated heterocycles. The maximum absolute atomic E-state index is 13.6. The smallest absolute Gasteiger partial charge is 0.244 e. The molecule has 1 aliphatic heterocycles. The summed E-state index contributed by atoms with van der Waals surface area (Å²) in [5, 5.41) is 1.11. The van der Waals surface area contributed by atoms with Crippen molar-refractivity contribution in [1.82, 2.24) is 9.29 Å². The number of hydrogen-bond acceptors (Lipinski definition) is 2. The van der Waals surface area contributed by atoms with Crippen molar-refractivity contribution < 1.29 is 12.8 Å². The summed E-state index contributed by atoms with van der Waals surface area (Å²) in [7, 11) is -3.60. The zero-order valence-corrected chi connectivity index (χ0v) is 15.5. The number of sulfonamides is 1. The predicted octanol–water partition coefficient (Wildman–Crippen LogP) is 4.53. The molecule has 0 spiro atoms. The Balaban J connectivity index is 1.55. The zero-order valence-electron chi connectivity index (χ0n) is 14.0. The van der Waals surface area contributed by atoms with E-state index < -0.39 is 10.0 Å². The van der Waals surface area contributed by atoms with Gasteiger partial charge in [-0.1, -0.05) is 23.7 Å². The molecule has 4 rings (SSSR count). The number of hydrogen-bond donors (Lipinski definition) is 1. The van der Waals surface area contributed by atoms with Crippen LogP contribution >= 0.6 is 11.6 Å². The maximum atomic E-state index is 13.6. The summed E-state index contributed by atoms with van der Waals surface area (Å²) in [6.45, 7) is 0.834. The lowest BCUT2D eigenvalue weighted by Crippen LogP contribution is -2.38. The first-order valence-electron chi connectivity index (χ1n) is 8.48. The van der Waals surface area contributed by atoms with E-state index in [1.807, 2.05) is 6.20 Å². The minimum Gasteiger partial charge on any atom is -0.361 e. The third kappa shape index (κ3) is 3.02. The minimum atomic E-state index is -3.60. The molecule has 0 radical (unpaired) electrons. The molecule has 7 heteroatoms. The Morgan fingerprint density at radius 1 is 1.12 bits per heavy atom. The minimum absolute atomic E-state index is 0.147. The Morgan fingerprint density at radius 2 is 1.85 bits per heavy atom. The summed E-state index contributed by atoms with van der Waals surface area (Å²) in [6, 6.07) is 11.2. The van der Waals surface area contributed by atoms with Crippen LogP contribution in [0, 0.1) is 5.82 Å². The van der Waals surface area contributed by atoms with Gasteiger partial charge < -0.3 is 4.98 Å². The van der Waals surface area contributed by atoms with E-state index in [1.54, 1.807) is 24.3 Å². The molecule has 2 heterocycles. The monoisotopic (exact) mass is 392 g/mol. The van der Waals surface area contributed by atoms with Crippen molar-refractivity contribution in [2.75, 3.05) is 13.1 Å². The van der Waals surface area contributed by atoms with Gasteiger partial charge in [0.1, 0.15) is 10.7 Å². The van der Waals surface area contributed by atoms with Crippen LogP contribution in [0.1, 0.15) is 24.3 Å². The van der Waals surface area contributed by atoms with Crippen LogP contribution in [0.2, 0.25) is 5.02 Å². The van der Waals surface area contributed by atoms with Crippen LogP contribution in [-0.2, 0) is 10.0 Å². The first-order chi connectivity index (χ1) is 12.5. The van der Waals surface area contributed by atoms with Gasteiger partial charge in [0.2, 0.25) is 10.0 Å². The number of nitrogens with one attached hydrogen (secondary N) is 1. The standard InChI is InChI=1S/C19H18ClFN2O2S/c20-17-3-1-2-4-19(17)26(24,25)23-9-7-13(8-10-23)16-12-22-18-6-5-14(21)11-15(16)18/h1-6,11-13,22H,7-10H2. The molecule has 3 aromatic rings. The molecule has 136 valence electrons. The molecule has 0 unspecified atom stereocenters. The summed E-state index contributed by atoms with van der Waals surface area (Å²) >= 11 is 6.07. The number of rotatable bonds is 3. The lowest BCUT2D eigenvalue weighted by atomic mass is 9.90. The predicted molar refractivity (Wildman–Crippen MR) is 100 cm³/mol. The van der Waals surface area contributed by atoms with Gasteiger partial charge in [-0.25, -0.2) is 12.8 Å². The van der Waals surface area contributed by atoms with Crippen LogP contribution in [0.3, 0.4) is 0 Å². The molecule has 0 aliphatic carbocycles. The van der Waals surface area contributed by atoms with Crippen LogP contribution in [0.25, 0.3) is 10.9 Å². The van der Waals surface area contributed by atoms with Crippen molar-refractivity contribution >= 4 is 32.5 Å². The van der Waals surface area contributed by atoms with Gasteiger partial charge in [-0.3, -0.25) is 0 Å². The fraction of sp³-hybridized carbons (Fsp3) is 0.263. The van der Waals surface area contributed by atoms with E-state index in [0.717, 1.165) is 16.5 Å². The molecule has 1 N–H and O–H groups in total. The molecule has 0 atom stereocenters. The molecule has 2 aromatic carbocycles. The molecule has 0 amide bonds. The molecule has 4 nitrogen and oxygen atoms in total. The second-order valence-corrected chi connectivity index (χ2v) is 8.86. The highest BCUT2D eigenvalue weighted by Gasteiger charge is 2.31. The quantitative estimate of drug-likeness (QED) is 0.712. The molecule has 26 heavy (non-hydrogen) atoms. The van der Waals surface area contributed by atoms with Crippen molar-refractivity contribution in [2.45, 2.75) is 23.7 Å². The summed E-state index contributed by atoms with van der Waals surface area (Å²) in [4.78, 5) is 3.32. The van der Waals surface area contributed by atoms with Gasteiger partial charge in [0.25, 0.3) is 0 Å². The fourth-order valence-corrected chi connectivity index (χ4v) is 5.62. The number of piperidine rings is 1.